The van der Waals surface area contributed by atoms with Gasteiger partial charge in [0.25, 0.3) is 0 Å². The fourth-order valence-electron chi connectivity index (χ4n) is 3.95. The molecular weight excluding hydrogens is 599 g/mol. The first-order valence-electron chi connectivity index (χ1n) is 13.1. The summed E-state index contributed by atoms with van der Waals surface area (Å²) in [6.45, 7) is 19.6. The molecule has 218 valence electrons. The van der Waals surface area contributed by atoms with Gasteiger partial charge in [-0.05, 0) is 89.6 Å². The van der Waals surface area contributed by atoms with E-state index in [0.717, 1.165) is 21.1 Å². The molecule has 5 rings (SSSR count). The molecule has 4 aromatic rings. The summed E-state index contributed by atoms with van der Waals surface area (Å²) < 4.78 is 12.3. The van der Waals surface area contributed by atoms with Crippen LogP contribution in [-0.4, -0.2) is 50.4 Å². The van der Waals surface area contributed by atoms with Crippen molar-refractivity contribution in [2.24, 2.45) is 0 Å². The highest BCUT2D eigenvalue weighted by atomic mass is 79.9. The number of rotatable bonds is 4. The first kappa shape index (κ1) is 32.7. The number of hydrogen-bond donors (Lipinski definition) is 2. The molecule has 1 fully saturated rings. The molecule has 0 amide bonds. The van der Waals surface area contributed by atoms with E-state index in [2.05, 4.69) is 39.1 Å². The zero-order valence-corrected chi connectivity index (χ0v) is 26.2. The zero-order valence-electron chi connectivity index (χ0n) is 24.6. The lowest BCUT2D eigenvalue weighted by atomic mass is 9.81. The number of pyridine rings is 2. The molecule has 2 aromatic heterocycles. The van der Waals surface area contributed by atoms with Gasteiger partial charge >= 0.3 is 19.1 Å². The number of nitrogens with zero attached hydrogens (tertiary/aromatic N) is 2. The van der Waals surface area contributed by atoms with Crippen LogP contribution in [0.5, 0.6) is 0 Å². The molecule has 0 spiro atoms. The monoisotopic (exact) mass is 632 g/mol. The third-order valence-corrected chi connectivity index (χ3v) is 7.55. The number of benzene rings is 2. The van der Waals surface area contributed by atoms with E-state index in [0.29, 0.717) is 21.8 Å². The van der Waals surface area contributed by atoms with Crippen molar-refractivity contribution in [3.8, 4) is 0 Å². The molecule has 42 heavy (non-hydrogen) atoms. The summed E-state index contributed by atoms with van der Waals surface area (Å²) in [4.78, 5) is 30.1. The summed E-state index contributed by atoms with van der Waals surface area (Å²) in [7, 11) is -0.241. The third-order valence-electron chi connectivity index (χ3n) is 7.05. The molecule has 0 radical (unpaired) electrons. The molecule has 8 nitrogen and oxygen atoms in total. The number of carboxylic acids is 2. The second kappa shape index (κ2) is 13.0. The Kier molecular flexibility index (Phi) is 10.1. The van der Waals surface area contributed by atoms with E-state index in [1.54, 1.807) is 12.1 Å². The number of carbonyl (C=O) groups is 2. The first-order chi connectivity index (χ1) is 19.5. The van der Waals surface area contributed by atoms with Crippen molar-refractivity contribution in [1.29, 1.82) is 0 Å². The van der Waals surface area contributed by atoms with Crippen LogP contribution in [0.2, 0.25) is 0 Å². The molecule has 1 aliphatic rings. The van der Waals surface area contributed by atoms with Crippen molar-refractivity contribution in [3.05, 3.63) is 101 Å². The lowest BCUT2D eigenvalue weighted by Crippen LogP contribution is -2.41. The number of halogens is 1. The molecular formula is C32H34BBrN2O6. The van der Waals surface area contributed by atoms with Crippen molar-refractivity contribution < 1.29 is 29.1 Å². The van der Waals surface area contributed by atoms with Crippen LogP contribution in [0.15, 0.2) is 84.0 Å². The molecule has 0 unspecified atom stereocenters. The lowest BCUT2D eigenvalue weighted by molar-refractivity contribution is 0.00578. The van der Waals surface area contributed by atoms with Crippen LogP contribution in [0.3, 0.4) is 0 Å². The van der Waals surface area contributed by atoms with E-state index in [1.165, 1.54) is 24.5 Å². The van der Waals surface area contributed by atoms with Crippen LogP contribution in [0.4, 0.5) is 0 Å². The molecule has 1 aliphatic heterocycles. The van der Waals surface area contributed by atoms with Gasteiger partial charge in [-0.2, -0.15) is 0 Å². The molecule has 2 aromatic carbocycles. The van der Waals surface area contributed by atoms with Gasteiger partial charge in [-0.3, -0.25) is 9.97 Å². The Morgan fingerprint density at radius 3 is 1.64 bits per heavy atom. The number of hydrogen-bond acceptors (Lipinski definition) is 6. The van der Waals surface area contributed by atoms with Gasteiger partial charge in [0, 0.05) is 27.6 Å². The molecule has 3 heterocycles. The Labute approximate surface area is 254 Å². The summed E-state index contributed by atoms with van der Waals surface area (Å²) in [6, 6.07) is 13.9. The highest BCUT2D eigenvalue weighted by Crippen LogP contribution is 2.38. The molecule has 10 heteroatoms. The van der Waals surface area contributed by atoms with Gasteiger partial charge in [0.15, 0.2) is 0 Å². The maximum absolute atomic E-state index is 11.0. The van der Waals surface area contributed by atoms with Crippen LogP contribution in [0.1, 0.15) is 67.8 Å². The second-order valence-electron chi connectivity index (χ2n) is 10.9. The summed E-state index contributed by atoms with van der Waals surface area (Å²) >= 11 is 3.29. The molecule has 0 bridgehead atoms. The van der Waals surface area contributed by atoms with Crippen molar-refractivity contribution in [2.45, 2.75) is 52.7 Å². The molecule has 2 N–H and O–H groups in total. The van der Waals surface area contributed by atoms with Gasteiger partial charge in [-0.15, -0.1) is 6.58 Å². The van der Waals surface area contributed by atoms with E-state index >= 15 is 0 Å². The third kappa shape index (κ3) is 7.50. The van der Waals surface area contributed by atoms with Crippen molar-refractivity contribution in [1.82, 2.24) is 9.97 Å². The Morgan fingerprint density at radius 1 is 0.786 bits per heavy atom. The number of aromatic carboxylic acids is 2. The van der Waals surface area contributed by atoms with Crippen LogP contribution in [-0.2, 0) is 9.31 Å². The van der Waals surface area contributed by atoms with E-state index in [4.69, 9.17) is 19.5 Å². The standard InChI is InChI=1S/C13H11NO2.C10H6BrNO2.C9H17BO2/c1-8(2)9-3-4-12-11(7-9)10(13(15)16)5-6-14-12;11-6-1-2-9-8(5-6)7(10(13)14)3-4-12-9;1-7(2)10-11-8(3,4)9(5,6)12-10/h3-7H,1H2,2H3,(H,15,16);1-5H,(H,13,14);1H2,2-6H3. The Balaban J connectivity index is 0.000000175. The average Bonchev–Trinajstić information content (AvgIpc) is 3.14. The van der Waals surface area contributed by atoms with E-state index < -0.39 is 11.9 Å². The van der Waals surface area contributed by atoms with Gasteiger partial charge in [-0.25, -0.2) is 9.59 Å². The minimum absolute atomic E-state index is 0.239. The van der Waals surface area contributed by atoms with Crippen LogP contribution < -0.4 is 0 Å². The largest absolute Gasteiger partial charge is 0.489 e. The van der Waals surface area contributed by atoms with Gasteiger partial charge in [0.05, 0.1) is 33.4 Å². The molecule has 0 aliphatic carbocycles. The topological polar surface area (TPSA) is 119 Å². The first-order valence-corrected chi connectivity index (χ1v) is 13.9. The zero-order chi connectivity index (χ0) is 31.4. The SMILES string of the molecule is C=C(C)B1OC(C)(C)C(C)(C)O1.C=C(C)c1ccc2nccc(C(=O)O)c2c1.O=C(O)c1ccnc2ccc(Br)cc12. The fourth-order valence-corrected chi connectivity index (χ4v) is 4.31. The quantitative estimate of drug-likeness (QED) is 0.218. The summed E-state index contributed by atoms with van der Waals surface area (Å²) in [6.07, 6.45) is 3.01. The fraction of sp³-hybridized carbons (Fsp3) is 0.250. The highest BCUT2D eigenvalue weighted by molar-refractivity contribution is 9.10. The van der Waals surface area contributed by atoms with Gasteiger partial charge in [0.2, 0.25) is 0 Å². The van der Waals surface area contributed by atoms with Gasteiger partial charge < -0.3 is 19.5 Å². The van der Waals surface area contributed by atoms with Crippen LogP contribution >= 0.6 is 15.9 Å². The highest BCUT2D eigenvalue weighted by Gasteiger charge is 2.51. The number of carboxylic acid groups (broad SMARTS) is 2. The van der Waals surface area contributed by atoms with E-state index in [9.17, 15) is 9.59 Å². The van der Waals surface area contributed by atoms with E-state index in [1.807, 2.05) is 65.8 Å². The number of allylic oxidation sites excluding steroid dienone is 2. The Hall–Kier alpha value is -3.86. The molecule has 0 saturated carbocycles. The summed E-state index contributed by atoms with van der Waals surface area (Å²) in [5, 5.41) is 19.3. The Morgan fingerprint density at radius 2 is 1.24 bits per heavy atom. The van der Waals surface area contributed by atoms with Gasteiger partial charge in [-0.1, -0.05) is 39.6 Å². The average molecular weight is 633 g/mol. The van der Waals surface area contributed by atoms with Crippen molar-refractivity contribution >= 4 is 62.4 Å². The Bertz CT molecular complexity index is 1670. The smallest absolute Gasteiger partial charge is 0.478 e. The second-order valence-corrected chi connectivity index (χ2v) is 11.9. The minimum Gasteiger partial charge on any atom is -0.478 e. The molecule has 1 saturated heterocycles. The van der Waals surface area contributed by atoms with Gasteiger partial charge in [0.1, 0.15) is 0 Å². The number of aromatic nitrogens is 2. The predicted molar refractivity (Wildman–Crippen MR) is 171 cm³/mol. The molecule has 0 atom stereocenters. The van der Waals surface area contributed by atoms with Crippen LogP contribution in [0.25, 0.3) is 27.4 Å². The van der Waals surface area contributed by atoms with Crippen molar-refractivity contribution in [2.75, 3.05) is 0 Å². The van der Waals surface area contributed by atoms with E-state index in [-0.39, 0.29) is 29.4 Å². The predicted octanol–water partition coefficient (Wildman–Crippen LogP) is 7.86. The normalized spacial score (nSPS) is 14.8. The van der Waals surface area contributed by atoms with Crippen LogP contribution in [0, 0.1) is 0 Å². The van der Waals surface area contributed by atoms with Crippen molar-refractivity contribution in [3.63, 3.8) is 0 Å². The maximum atomic E-state index is 11.0. The summed E-state index contributed by atoms with van der Waals surface area (Å²) in [5.41, 5.74) is 4.20. The minimum atomic E-state index is -0.939. The lowest BCUT2D eigenvalue weighted by Gasteiger charge is -2.32. The summed E-state index contributed by atoms with van der Waals surface area (Å²) in [5.74, 6) is -1.87. The maximum Gasteiger partial charge on any atom is 0.489 e. The number of fused-ring (bicyclic) bond motifs is 2.